The third-order valence-electron chi connectivity index (χ3n) is 2.98. The molecule has 0 saturated carbocycles. The van der Waals surface area contributed by atoms with Crippen LogP contribution in [0, 0.1) is 0 Å². The van der Waals surface area contributed by atoms with Crippen molar-refractivity contribution in [2.24, 2.45) is 0 Å². The van der Waals surface area contributed by atoms with Crippen molar-refractivity contribution in [1.29, 1.82) is 0 Å². The van der Waals surface area contributed by atoms with E-state index in [4.69, 9.17) is 11.6 Å². The molecule has 0 aromatic heterocycles. The SMILES string of the molecule is O=C1Nc2c(Cl)cccc2N2CCSCC12. The number of nitrogens with one attached hydrogen (secondary N) is 1. The first-order chi connectivity index (χ1) is 7.77. The van der Waals surface area contributed by atoms with Gasteiger partial charge in [0.25, 0.3) is 0 Å². The Hall–Kier alpha value is -0.870. The van der Waals surface area contributed by atoms with Gasteiger partial charge in [-0.1, -0.05) is 17.7 Å². The van der Waals surface area contributed by atoms with Crippen LogP contribution >= 0.6 is 23.4 Å². The quantitative estimate of drug-likeness (QED) is 0.771. The van der Waals surface area contributed by atoms with Gasteiger partial charge in [0.15, 0.2) is 0 Å². The molecule has 1 aromatic rings. The molecule has 0 spiro atoms. The highest BCUT2D eigenvalue weighted by Crippen LogP contribution is 2.39. The monoisotopic (exact) mass is 254 g/mol. The van der Waals surface area contributed by atoms with E-state index in [1.165, 1.54) is 0 Å². The number of para-hydroxylation sites is 1. The van der Waals surface area contributed by atoms with Crippen LogP contribution < -0.4 is 10.2 Å². The van der Waals surface area contributed by atoms with E-state index in [1.54, 1.807) is 6.07 Å². The van der Waals surface area contributed by atoms with E-state index in [2.05, 4.69) is 10.2 Å². The summed E-state index contributed by atoms with van der Waals surface area (Å²) in [6.45, 7) is 0.913. The first-order valence-corrected chi connectivity index (χ1v) is 6.74. The predicted molar refractivity (Wildman–Crippen MR) is 68.5 cm³/mol. The highest BCUT2D eigenvalue weighted by atomic mass is 35.5. The minimum Gasteiger partial charge on any atom is -0.356 e. The van der Waals surface area contributed by atoms with Crippen LogP contribution in [-0.2, 0) is 4.79 Å². The van der Waals surface area contributed by atoms with E-state index >= 15 is 0 Å². The third kappa shape index (κ3) is 1.48. The molecule has 0 aliphatic carbocycles. The number of amides is 1. The summed E-state index contributed by atoms with van der Waals surface area (Å²) in [6, 6.07) is 5.71. The molecule has 1 amide bonds. The van der Waals surface area contributed by atoms with Gasteiger partial charge in [0.2, 0.25) is 5.91 Å². The number of anilines is 2. The molecule has 1 unspecified atom stereocenters. The first-order valence-electron chi connectivity index (χ1n) is 5.21. The molecule has 3 rings (SSSR count). The van der Waals surface area contributed by atoms with Gasteiger partial charge in [0.1, 0.15) is 6.04 Å². The van der Waals surface area contributed by atoms with E-state index in [9.17, 15) is 4.79 Å². The zero-order valence-corrected chi connectivity index (χ0v) is 10.1. The van der Waals surface area contributed by atoms with Gasteiger partial charge in [-0.3, -0.25) is 4.79 Å². The number of rotatable bonds is 0. The summed E-state index contributed by atoms with van der Waals surface area (Å²) in [6.07, 6.45) is 0. The highest BCUT2D eigenvalue weighted by molar-refractivity contribution is 7.99. The molecule has 2 aliphatic rings. The molecule has 1 N–H and O–H groups in total. The van der Waals surface area contributed by atoms with Gasteiger partial charge < -0.3 is 10.2 Å². The average Bonchev–Trinajstić information content (AvgIpc) is 2.31. The van der Waals surface area contributed by atoms with Gasteiger partial charge in [0.05, 0.1) is 16.4 Å². The van der Waals surface area contributed by atoms with Crippen molar-refractivity contribution in [3.8, 4) is 0 Å². The summed E-state index contributed by atoms with van der Waals surface area (Å²) < 4.78 is 0. The molecule has 2 aliphatic heterocycles. The Morgan fingerprint density at radius 2 is 2.38 bits per heavy atom. The average molecular weight is 255 g/mol. The molecule has 1 saturated heterocycles. The summed E-state index contributed by atoms with van der Waals surface area (Å²) in [7, 11) is 0. The van der Waals surface area contributed by atoms with E-state index in [0.717, 1.165) is 29.4 Å². The maximum atomic E-state index is 11.9. The van der Waals surface area contributed by atoms with Gasteiger partial charge in [-0.25, -0.2) is 0 Å². The first kappa shape index (κ1) is 10.3. The van der Waals surface area contributed by atoms with Crippen molar-refractivity contribution >= 4 is 40.6 Å². The summed E-state index contributed by atoms with van der Waals surface area (Å²) in [5.74, 6) is 1.99. The number of carbonyl (C=O) groups is 1. The Balaban J connectivity index is 2.10. The molecule has 1 aromatic carbocycles. The molecular weight excluding hydrogens is 244 g/mol. The van der Waals surface area contributed by atoms with Crippen LogP contribution in [0.1, 0.15) is 0 Å². The van der Waals surface area contributed by atoms with Crippen LogP contribution in [0.4, 0.5) is 11.4 Å². The Bertz CT molecular complexity index is 452. The maximum absolute atomic E-state index is 11.9. The van der Waals surface area contributed by atoms with Crippen LogP contribution in [0.15, 0.2) is 18.2 Å². The molecule has 5 heteroatoms. The second-order valence-corrected chi connectivity index (χ2v) is 5.46. The standard InChI is InChI=1S/C11H11ClN2OS/c12-7-2-1-3-8-10(7)13-11(15)9-6-16-5-4-14(8)9/h1-3,9H,4-6H2,(H,13,15). The van der Waals surface area contributed by atoms with Crippen LogP contribution in [0.25, 0.3) is 0 Å². The van der Waals surface area contributed by atoms with E-state index in [-0.39, 0.29) is 11.9 Å². The van der Waals surface area contributed by atoms with Crippen LogP contribution in [0.5, 0.6) is 0 Å². The van der Waals surface area contributed by atoms with Gasteiger partial charge in [-0.2, -0.15) is 11.8 Å². The fourth-order valence-corrected chi connectivity index (χ4v) is 3.46. The Kier molecular flexibility index (Phi) is 2.48. The third-order valence-corrected chi connectivity index (χ3v) is 4.32. The lowest BCUT2D eigenvalue weighted by atomic mass is 10.1. The number of halogens is 1. The predicted octanol–water partition coefficient (Wildman–Crippen LogP) is 2.21. The fraction of sp³-hybridized carbons (Fsp3) is 0.364. The number of fused-ring (bicyclic) bond motifs is 3. The summed E-state index contributed by atoms with van der Waals surface area (Å²) in [5, 5.41) is 3.51. The molecule has 0 radical (unpaired) electrons. The summed E-state index contributed by atoms with van der Waals surface area (Å²) >= 11 is 7.92. The number of hydrogen-bond donors (Lipinski definition) is 1. The number of thioether (sulfide) groups is 1. The number of carbonyl (C=O) groups excluding carboxylic acids is 1. The molecule has 2 heterocycles. The fourth-order valence-electron chi connectivity index (χ4n) is 2.19. The zero-order valence-electron chi connectivity index (χ0n) is 8.57. The van der Waals surface area contributed by atoms with Gasteiger partial charge in [-0.05, 0) is 12.1 Å². The minimum absolute atomic E-state index is 0.0373. The second-order valence-electron chi connectivity index (χ2n) is 3.91. The maximum Gasteiger partial charge on any atom is 0.248 e. The van der Waals surface area contributed by atoms with E-state index in [0.29, 0.717) is 5.02 Å². The van der Waals surface area contributed by atoms with Crippen LogP contribution in [0.2, 0.25) is 5.02 Å². The van der Waals surface area contributed by atoms with Crippen molar-refractivity contribution in [3.05, 3.63) is 23.2 Å². The highest BCUT2D eigenvalue weighted by Gasteiger charge is 2.35. The largest absolute Gasteiger partial charge is 0.356 e. The van der Waals surface area contributed by atoms with Crippen molar-refractivity contribution < 1.29 is 4.79 Å². The van der Waals surface area contributed by atoms with Gasteiger partial charge in [-0.15, -0.1) is 0 Å². The molecule has 1 atom stereocenters. The topological polar surface area (TPSA) is 32.3 Å². The van der Waals surface area contributed by atoms with Crippen LogP contribution in [-0.4, -0.2) is 30.0 Å². The lowest BCUT2D eigenvalue weighted by Crippen LogP contribution is -2.52. The Morgan fingerprint density at radius 1 is 1.50 bits per heavy atom. The molecule has 84 valence electrons. The minimum atomic E-state index is -0.0373. The van der Waals surface area contributed by atoms with Crippen molar-refractivity contribution in [2.75, 3.05) is 28.3 Å². The molecule has 1 fully saturated rings. The Morgan fingerprint density at radius 3 is 3.25 bits per heavy atom. The van der Waals surface area contributed by atoms with Crippen molar-refractivity contribution in [1.82, 2.24) is 0 Å². The van der Waals surface area contributed by atoms with Gasteiger partial charge >= 0.3 is 0 Å². The van der Waals surface area contributed by atoms with Crippen molar-refractivity contribution in [3.63, 3.8) is 0 Å². The summed E-state index contributed by atoms with van der Waals surface area (Å²) in [4.78, 5) is 14.1. The molecule has 3 nitrogen and oxygen atoms in total. The smallest absolute Gasteiger partial charge is 0.248 e. The lowest BCUT2D eigenvalue weighted by molar-refractivity contribution is -0.117. The molecule has 0 bridgehead atoms. The lowest BCUT2D eigenvalue weighted by Gasteiger charge is -2.40. The second kappa shape index (κ2) is 3.86. The number of hydrogen-bond acceptors (Lipinski definition) is 3. The van der Waals surface area contributed by atoms with Gasteiger partial charge in [0, 0.05) is 18.1 Å². The van der Waals surface area contributed by atoms with Crippen molar-refractivity contribution in [2.45, 2.75) is 6.04 Å². The number of nitrogens with zero attached hydrogens (tertiary/aromatic N) is 1. The zero-order chi connectivity index (χ0) is 11.1. The molecular formula is C11H11ClN2OS. The summed E-state index contributed by atoms with van der Waals surface area (Å²) in [5.41, 5.74) is 1.81. The number of benzene rings is 1. The van der Waals surface area contributed by atoms with E-state index in [1.807, 2.05) is 23.9 Å². The van der Waals surface area contributed by atoms with E-state index < -0.39 is 0 Å². The molecule has 16 heavy (non-hydrogen) atoms. The normalized spacial score (nSPS) is 23.4. The Labute approximate surface area is 103 Å². The van der Waals surface area contributed by atoms with Crippen LogP contribution in [0.3, 0.4) is 0 Å².